The Morgan fingerprint density at radius 1 is 1.41 bits per heavy atom. The minimum absolute atomic E-state index is 0.0947. The van der Waals surface area contributed by atoms with E-state index < -0.39 is 10.9 Å². The van der Waals surface area contributed by atoms with Crippen LogP contribution in [-0.4, -0.2) is 17.5 Å². The first-order chi connectivity index (χ1) is 10.5. The average molecular weight is 322 g/mol. The lowest BCUT2D eigenvalue weighted by Gasteiger charge is -2.00. The topological polar surface area (TPSA) is 82.6 Å². The molecule has 1 aromatic carbocycles. The third-order valence-electron chi connectivity index (χ3n) is 2.73. The Hall–Kier alpha value is -2.60. The third kappa shape index (κ3) is 3.73. The fourth-order valence-electron chi connectivity index (χ4n) is 1.75. The molecule has 0 atom stereocenters. The summed E-state index contributed by atoms with van der Waals surface area (Å²) in [5, 5.41) is 10.9. The molecule has 114 valence electrons. The Labute approximate surface area is 131 Å². The lowest BCUT2D eigenvalue weighted by molar-refractivity contribution is -0.384. The highest BCUT2D eigenvalue weighted by molar-refractivity contribution is 6.33. The van der Waals surface area contributed by atoms with Crippen molar-refractivity contribution in [2.75, 3.05) is 6.61 Å². The highest BCUT2D eigenvalue weighted by atomic mass is 35.5. The van der Waals surface area contributed by atoms with Gasteiger partial charge in [0.2, 0.25) is 0 Å². The summed E-state index contributed by atoms with van der Waals surface area (Å²) in [6.07, 6.45) is 2.73. The number of furan rings is 1. The molecule has 0 aliphatic carbocycles. The number of carbonyl (C=O) groups is 1. The van der Waals surface area contributed by atoms with E-state index in [4.69, 9.17) is 20.8 Å². The van der Waals surface area contributed by atoms with Crippen LogP contribution < -0.4 is 0 Å². The van der Waals surface area contributed by atoms with Gasteiger partial charge in [0.25, 0.3) is 5.69 Å². The lowest BCUT2D eigenvalue weighted by atomic mass is 10.1. The standard InChI is InChI=1S/C15H12ClNO5/c1-2-21-15(18)8-5-11-4-7-14(22-11)12-6-3-10(17(19)20)9-13(12)16/h3-9H,2H2,1H3. The summed E-state index contributed by atoms with van der Waals surface area (Å²) in [5.41, 5.74) is 0.436. The van der Waals surface area contributed by atoms with Crippen molar-refractivity contribution in [2.24, 2.45) is 0 Å². The van der Waals surface area contributed by atoms with E-state index in [-0.39, 0.29) is 10.7 Å². The molecule has 0 radical (unpaired) electrons. The third-order valence-corrected chi connectivity index (χ3v) is 3.04. The van der Waals surface area contributed by atoms with Crippen LogP contribution in [0.4, 0.5) is 5.69 Å². The van der Waals surface area contributed by atoms with Gasteiger partial charge in [-0.15, -0.1) is 0 Å². The molecule has 0 unspecified atom stereocenters. The summed E-state index contributed by atoms with van der Waals surface area (Å²) in [5.74, 6) is 0.426. The summed E-state index contributed by atoms with van der Waals surface area (Å²) >= 11 is 6.03. The number of non-ortho nitro benzene ring substituents is 1. The summed E-state index contributed by atoms with van der Waals surface area (Å²) < 4.78 is 10.3. The van der Waals surface area contributed by atoms with Crippen LogP contribution in [0.3, 0.4) is 0 Å². The second kappa shape index (κ2) is 6.91. The Balaban J connectivity index is 2.21. The summed E-state index contributed by atoms with van der Waals surface area (Å²) in [6.45, 7) is 2.01. The zero-order valence-corrected chi connectivity index (χ0v) is 12.4. The first-order valence-electron chi connectivity index (χ1n) is 6.40. The molecule has 1 aromatic heterocycles. The number of nitrogens with zero attached hydrogens (tertiary/aromatic N) is 1. The molecule has 0 saturated carbocycles. The maximum absolute atomic E-state index is 11.2. The highest BCUT2D eigenvalue weighted by Gasteiger charge is 2.13. The minimum Gasteiger partial charge on any atom is -0.463 e. The van der Waals surface area contributed by atoms with Crippen LogP contribution in [0, 0.1) is 10.1 Å². The zero-order valence-electron chi connectivity index (χ0n) is 11.6. The Kier molecular flexibility index (Phi) is 4.95. The molecule has 0 amide bonds. The molecular formula is C15H12ClNO5. The van der Waals surface area contributed by atoms with Gasteiger partial charge < -0.3 is 9.15 Å². The average Bonchev–Trinajstić information content (AvgIpc) is 2.94. The van der Waals surface area contributed by atoms with E-state index in [1.807, 2.05) is 0 Å². The van der Waals surface area contributed by atoms with E-state index in [0.29, 0.717) is 23.7 Å². The van der Waals surface area contributed by atoms with Crippen molar-refractivity contribution in [3.05, 3.63) is 57.3 Å². The van der Waals surface area contributed by atoms with Crippen molar-refractivity contribution < 1.29 is 18.9 Å². The van der Waals surface area contributed by atoms with Crippen LogP contribution in [0.5, 0.6) is 0 Å². The first kappa shape index (κ1) is 15.8. The van der Waals surface area contributed by atoms with Crippen molar-refractivity contribution in [3.8, 4) is 11.3 Å². The molecule has 0 bridgehead atoms. The molecule has 0 saturated heterocycles. The largest absolute Gasteiger partial charge is 0.463 e. The van der Waals surface area contributed by atoms with Crippen molar-refractivity contribution >= 4 is 29.3 Å². The normalized spacial score (nSPS) is 10.8. The molecule has 0 spiro atoms. The summed E-state index contributed by atoms with van der Waals surface area (Å²) in [6, 6.07) is 7.43. The summed E-state index contributed by atoms with van der Waals surface area (Å²) in [7, 11) is 0. The second-order valence-corrected chi connectivity index (χ2v) is 4.62. The Morgan fingerprint density at radius 2 is 2.18 bits per heavy atom. The van der Waals surface area contributed by atoms with E-state index in [1.54, 1.807) is 19.1 Å². The number of carbonyl (C=O) groups excluding carboxylic acids is 1. The number of halogens is 1. The fraction of sp³-hybridized carbons (Fsp3) is 0.133. The van der Waals surface area contributed by atoms with Gasteiger partial charge in [-0.05, 0) is 31.2 Å². The van der Waals surface area contributed by atoms with Crippen LogP contribution in [0.15, 0.2) is 40.8 Å². The van der Waals surface area contributed by atoms with Gasteiger partial charge in [-0.1, -0.05) is 11.6 Å². The van der Waals surface area contributed by atoms with Gasteiger partial charge in [-0.2, -0.15) is 0 Å². The van der Waals surface area contributed by atoms with Crippen molar-refractivity contribution in [1.82, 2.24) is 0 Å². The molecule has 0 aliphatic rings. The van der Waals surface area contributed by atoms with Crippen LogP contribution >= 0.6 is 11.6 Å². The number of benzene rings is 1. The maximum Gasteiger partial charge on any atom is 0.330 e. The molecule has 0 fully saturated rings. The van der Waals surface area contributed by atoms with Crippen LogP contribution in [0.2, 0.25) is 5.02 Å². The molecule has 22 heavy (non-hydrogen) atoms. The van der Waals surface area contributed by atoms with E-state index in [2.05, 4.69) is 0 Å². The lowest BCUT2D eigenvalue weighted by Crippen LogP contribution is -1.98. The second-order valence-electron chi connectivity index (χ2n) is 4.21. The maximum atomic E-state index is 11.2. The smallest absolute Gasteiger partial charge is 0.330 e. The molecule has 2 aromatic rings. The number of nitro groups is 1. The number of hydrogen-bond acceptors (Lipinski definition) is 5. The van der Waals surface area contributed by atoms with Crippen LogP contribution in [-0.2, 0) is 9.53 Å². The molecule has 0 N–H and O–H groups in total. The van der Waals surface area contributed by atoms with Crippen molar-refractivity contribution in [2.45, 2.75) is 6.92 Å². The minimum atomic E-state index is -0.523. The number of ether oxygens (including phenoxy) is 1. The first-order valence-corrected chi connectivity index (χ1v) is 6.78. The molecule has 2 rings (SSSR count). The number of esters is 1. The Bertz CT molecular complexity index is 735. The predicted molar refractivity (Wildman–Crippen MR) is 81.5 cm³/mol. The quantitative estimate of drug-likeness (QED) is 0.358. The monoisotopic (exact) mass is 321 g/mol. The van der Waals surface area contributed by atoms with Crippen LogP contribution in [0.25, 0.3) is 17.4 Å². The highest BCUT2D eigenvalue weighted by Crippen LogP contribution is 2.32. The molecular weight excluding hydrogens is 310 g/mol. The van der Waals surface area contributed by atoms with E-state index in [0.717, 1.165) is 0 Å². The van der Waals surface area contributed by atoms with Gasteiger partial charge in [-0.3, -0.25) is 10.1 Å². The van der Waals surface area contributed by atoms with Gasteiger partial charge >= 0.3 is 5.97 Å². The summed E-state index contributed by atoms with van der Waals surface area (Å²) in [4.78, 5) is 21.4. The number of rotatable bonds is 5. The molecule has 7 heteroatoms. The van der Waals surface area contributed by atoms with Crippen molar-refractivity contribution in [1.29, 1.82) is 0 Å². The predicted octanol–water partition coefficient (Wildman–Crippen LogP) is 4.08. The number of hydrogen-bond donors (Lipinski definition) is 0. The van der Waals surface area contributed by atoms with Gasteiger partial charge in [0.05, 0.1) is 16.6 Å². The van der Waals surface area contributed by atoms with Gasteiger partial charge in [0.15, 0.2) is 0 Å². The molecule has 0 aliphatic heterocycles. The Morgan fingerprint density at radius 3 is 2.82 bits per heavy atom. The van der Waals surface area contributed by atoms with Gasteiger partial charge in [0, 0.05) is 23.8 Å². The van der Waals surface area contributed by atoms with Crippen LogP contribution in [0.1, 0.15) is 12.7 Å². The zero-order chi connectivity index (χ0) is 16.1. The SMILES string of the molecule is CCOC(=O)C=Cc1ccc(-c2ccc([N+](=O)[O-])cc2Cl)o1. The van der Waals surface area contributed by atoms with Gasteiger partial charge in [0.1, 0.15) is 11.5 Å². The fourth-order valence-corrected chi connectivity index (χ4v) is 2.01. The van der Waals surface area contributed by atoms with E-state index in [9.17, 15) is 14.9 Å². The van der Waals surface area contributed by atoms with Crippen molar-refractivity contribution in [3.63, 3.8) is 0 Å². The van der Waals surface area contributed by atoms with E-state index >= 15 is 0 Å². The number of nitro benzene ring substituents is 1. The van der Waals surface area contributed by atoms with Gasteiger partial charge in [-0.25, -0.2) is 4.79 Å². The molecule has 6 nitrogen and oxygen atoms in total. The molecule has 1 heterocycles. The van der Waals surface area contributed by atoms with E-state index in [1.165, 1.54) is 30.4 Å².